The van der Waals surface area contributed by atoms with Crippen molar-refractivity contribution in [2.45, 2.75) is 33.1 Å². The summed E-state index contributed by atoms with van der Waals surface area (Å²) in [6, 6.07) is 2.63. The van der Waals surface area contributed by atoms with E-state index in [1.807, 2.05) is 6.92 Å². The van der Waals surface area contributed by atoms with Gasteiger partial charge in [0.2, 0.25) is 0 Å². The van der Waals surface area contributed by atoms with Crippen LogP contribution in [0.4, 0.5) is 13.2 Å². The highest BCUT2D eigenvalue weighted by Gasteiger charge is 2.36. The van der Waals surface area contributed by atoms with Gasteiger partial charge in [-0.2, -0.15) is 23.4 Å². The number of rotatable bonds is 4. The molecule has 0 saturated carbocycles. The molecule has 0 aliphatic heterocycles. The molecule has 1 amide bonds. The van der Waals surface area contributed by atoms with Crippen molar-refractivity contribution < 1.29 is 18.0 Å². The molecule has 0 aliphatic rings. The van der Waals surface area contributed by atoms with Gasteiger partial charge in [-0.1, -0.05) is 0 Å². The quantitative estimate of drug-likeness (QED) is 0.690. The van der Waals surface area contributed by atoms with Crippen LogP contribution in [0.25, 0.3) is 5.65 Å². The fraction of sp³-hybridized carbons (Fsp3) is 0.333. The van der Waals surface area contributed by atoms with Crippen molar-refractivity contribution in [1.82, 2.24) is 29.7 Å². The molecule has 0 atom stereocenters. The minimum absolute atomic E-state index is 0.0715. The normalized spacial score (nSPS) is 11.9. The molecule has 0 unspecified atom stereocenters. The smallest absolute Gasteiger partial charge is 0.345 e. The van der Waals surface area contributed by atoms with Gasteiger partial charge >= 0.3 is 6.18 Å². The molecule has 138 valence electrons. The van der Waals surface area contributed by atoms with Crippen LogP contribution in [0.1, 0.15) is 34.5 Å². The Balaban J connectivity index is 1.92. The van der Waals surface area contributed by atoms with Crippen LogP contribution < -0.4 is 5.32 Å². The minimum atomic E-state index is -4.63. The van der Waals surface area contributed by atoms with Crippen LogP contribution in [0.5, 0.6) is 0 Å². The summed E-state index contributed by atoms with van der Waals surface area (Å²) in [5, 5.41) is 10.6. The van der Waals surface area contributed by atoms with E-state index in [9.17, 15) is 18.0 Å². The van der Waals surface area contributed by atoms with Gasteiger partial charge < -0.3 is 5.32 Å². The molecule has 3 aromatic rings. The number of nitrogens with zero attached hydrogens (tertiary/aromatic N) is 5. The van der Waals surface area contributed by atoms with E-state index >= 15 is 0 Å². The van der Waals surface area contributed by atoms with Gasteiger partial charge in [-0.15, -0.1) is 0 Å². The SMILES string of the molecule is CCn1ccc(CNC(=O)c2nn3c(C(F)(F)F)cc(C)nc3c2Br)n1. The second-order valence-corrected chi connectivity index (χ2v) is 6.32. The highest BCUT2D eigenvalue weighted by molar-refractivity contribution is 9.10. The first kappa shape index (κ1) is 18.4. The number of carbonyl (C=O) groups is 1. The van der Waals surface area contributed by atoms with Crippen molar-refractivity contribution in [3.05, 3.63) is 45.6 Å². The zero-order valence-electron chi connectivity index (χ0n) is 13.8. The largest absolute Gasteiger partial charge is 0.433 e. The first-order valence-electron chi connectivity index (χ1n) is 7.64. The van der Waals surface area contributed by atoms with E-state index < -0.39 is 17.8 Å². The Morgan fingerprint density at radius 2 is 2.08 bits per heavy atom. The molecule has 0 aliphatic carbocycles. The van der Waals surface area contributed by atoms with Crippen molar-refractivity contribution >= 4 is 27.5 Å². The second-order valence-electron chi connectivity index (χ2n) is 5.52. The number of fused-ring (bicyclic) bond motifs is 1. The molecule has 7 nitrogen and oxygen atoms in total. The van der Waals surface area contributed by atoms with Crippen LogP contribution in [-0.2, 0) is 19.3 Å². The van der Waals surface area contributed by atoms with Crippen LogP contribution in [0.2, 0.25) is 0 Å². The molecule has 26 heavy (non-hydrogen) atoms. The standard InChI is InChI=1S/C15H14BrF3N6O/c1-3-24-5-4-9(22-24)7-20-14(26)12-11(16)13-21-8(2)6-10(15(17,18)19)25(13)23-12/h4-6H,3,7H2,1-2H3,(H,20,26). The molecule has 0 bridgehead atoms. The van der Waals surface area contributed by atoms with Gasteiger partial charge in [0.25, 0.3) is 5.91 Å². The average molecular weight is 431 g/mol. The predicted molar refractivity (Wildman–Crippen MR) is 89.5 cm³/mol. The van der Waals surface area contributed by atoms with Gasteiger partial charge in [-0.25, -0.2) is 9.50 Å². The van der Waals surface area contributed by atoms with Crippen LogP contribution in [0.15, 0.2) is 22.8 Å². The van der Waals surface area contributed by atoms with Crippen molar-refractivity contribution in [3.8, 4) is 0 Å². The number of aromatic nitrogens is 5. The van der Waals surface area contributed by atoms with Crippen molar-refractivity contribution in [3.63, 3.8) is 0 Å². The molecule has 0 spiro atoms. The molecule has 11 heteroatoms. The van der Waals surface area contributed by atoms with Gasteiger partial charge in [-0.05, 0) is 41.9 Å². The number of nitrogens with one attached hydrogen (secondary N) is 1. The maximum atomic E-state index is 13.2. The Labute approximate surface area is 154 Å². The van der Waals surface area contributed by atoms with Gasteiger partial charge in [-0.3, -0.25) is 9.48 Å². The minimum Gasteiger partial charge on any atom is -0.345 e. The van der Waals surface area contributed by atoms with Crippen LogP contribution in [0.3, 0.4) is 0 Å². The van der Waals surface area contributed by atoms with Gasteiger partial charge in [0.15, 0.2) is 11.3 Å². The van der Waals surface area contributed by atoms with Gasteiger partial charge in [0.05, 0.1) is 16.7 Å². The van der Waals surface area contributed by atoms with Crippen molar-refractivity contribution in [1.29, 1.82) is 0 Å². The summed E-state index contributed by atoms with van der Waals surface area (Å²) >= 11 is 3.14. The summed E-state index contributed by atoms with van der Waals surface area (Å²) in [5.41, 5.74) is -0.449. The molecule has 3 aromatic heterocycles. The monoisotopic (exact) mass is 430 g/mol. The summed E-state index contributed by atoms with van der Waals surface area (Å²) in [6.45, 7) is 4.19. The van der Waals surface area contributed by atoms with E-state index in [1.54, 1.807) is 16.9 Å². The predicted octanol–water partition coefficient (Wildman–Crippen LogP) is 2.97. The fourth-order valence-electron chi connectivity index (χ4n) is 2.39. The number of carbonyl (C=O) groups excluding carboxylic acids is 1. The Hall–Kier alpha value is -2.43. The lowest BCUT2D eigenvalue weighted by Crippen LogP contribution is -2.24. The highest BCUT2D eigenvalue weighted by Crippen LogP contribution is 2.32. The van der Waals surface area contributed by atoms with E-state index in [-0.39, 0.29) is 28.1 Å². The maximum absolute atomic E-state index is 13.2. The third-order valence-corrected chi connectivity index (χ3v) is 4.35. The molecule has 0 saturated heterocycles. The van der Waals surface area contributed by atoms with E-state index in [1.165, 1.54) is 6.92 Å². The van der Waals surface area contributed by atoms with E-state index in [0.717, 1.165) is 6.07 Å². The molecule has 0 fully saturated rings. The molecule has 0 aromatic carbocycles. The molecule has 0 radical (unpaired) electrons. The number of alkyl halides is 3. The molecule has 3 heterocycles. The van der Waals surface area contributed by atoms with Gasteiger partial charge in [0.1, 0.15) is 5.69 Å². The maximum Gasteiger partial charge on any atom is 0.433 e. The van der Waals surface area contributed by atoms with E-state index in [2.05, 4.69) is 36.4 Å². The Morgan fingerprint density at radius 1 is 1.35 bits per heavy atom. The topological polar surface area (TPSA) is 77.1 Å². The lowest BCUT2D eigenvalue weighted by molar-refractivity contribution is -0.142. The molecular weight excluding hydrogens is 417 g/mol. The number of halogens is 4. The summed E-state index contributed by atoms with van der Waals surface area (Å²) in [4.78, 5) is 16.4. The molecule has 3 rings (SSSR count). The van der Waals surface area contributed by atoms with Crippen LogP contribution in [-0.4, -0.2) is 30.3 Å². The first-order chi connectivity index (χ1) is 12.2. The average Bonchev–Trinajstić information content (AvgIpc) is 3.16. The summed E-state index contributed by atoms with van der Waals surface area (Å²) in [7, 11) is 0. The summed E-state index contributed by atoms with van der Waals surface area (Å²) in [5.74, 6) is -0.626. The zero-order valence-corrected chi connectivity index (χ0v) is 15.4. The Bertz CT molecular complexity index is 978. The van der Waals surface area contributed by atoms with E-state index in [0.29, 0.717) is 16.8 Å². The van der Waals surface area contributed by atoms with Crippen LogP contribution in [0, 0.1) is 6.92 Å². The number of hydrogen-bond acceptors (Lipinski definition) is 4. The molecule has 1 N–H and O–H groups in total. The fourth-order valence-corrected chi connectivity index (χ4v) is 2.90. The Morgan fingerprint density at radius 3 is 2.69 bits per heavy atom. The number of hydrogen-bond donors (Lipinski definition) is 1. The van der Waals surface area contributed by atoms with E-state index in [4.69, 9.17) is 0 Å². The van der Waals surface area contributed by atoms with Crippen LogP contribution >= 0.6 is 15.9 Å². The van der Waals surface area contributed by atoms with Gasteiger partial charge in [0, 0.05) is 18.4 Å². The van der Waals surface area contributed by atoms with Crippen molar-refractivity contribution in [2.75, 3.05) is 0 Å². The summed E-state index contributed by atoms with van der Waals surface area (Å²) in [6.07, 6.45) is -2.86. The first-order valence-corrected chi connectivity index (χ1v) is 8.43. The molecular formula is C15H14BrF3N6O. The Kier molecular flexibility index (Phi) is 4.74. The zero-order chi connectivity index (χ0) is 19.1. The highest BCUT2D eigenvalue weighted by atomic mass is 79.9. The second kappa shape index (κ2) is 6.71. The third-order valence-electron chi connectivity index (χ3n) is 3.62. The lowest BCUT2D eigenvalue weighted by Gasteiger charge is -2.09. The third kappa shape index (κ3) is 3.43. The number of aryl methyl sites for hydroxylation is 2. The summed E-state index contributed by atoms with van der Waals surface area (Å²) < 4.78 is 42.1. The number of amides is 1. The lowest BCUT2D eigenvalue weighted by atomic mass is 10.3. The van der Waals surface area contributed by atoms with Crippen molar-refractivity contribution in [2.24, 2.45) is 0 Å².